The van der Waals surface area contributed by atoms with Gasteiger partial charge >= 0.3 is 0 Å². The number of rotatable bonds is 7. The van der Waals surface area contributed by atoms with Crippen LogP contribution in [-0.4, -0.2) is 39.1 Å². The van der Waals surface area contributed by atoms with E-state index < -0.39 is 8.07 Å². The van der Waals surface area contributed by atoms with E-state index in [1.54, 1.807) is 6.20 Å². The maximum Gasteiger partial charge on any atom is 0.276 e. The summed E-state index contributed by atoms with van der Waals surface area (Å²) in [6.07, 6.45) is 3.63. The summed E-state index contributed by atoms with van der Waals surface area (Å²) in [7, 11) is -1.19. The predicted molar refractivity (Wildman–Crippen MR) is 113 cm³/mol. The van der Waals surface area contributed by atoms with Crippen LogP contribution in [0.15, 0.2) is 27.9 Å². The van der Waals surface area contributed by atoms with Crippen LogP contribution in [0.25, 0.3) is 22.0 Å². The van der Waals surface area contributed by atoms with Gasteiger partial charge in [0.2, 0.25) is 5.88 Å². The highest BCUT2D eigenvalue weighted by Crippen LogP contribution is 2.34. The Hall–Kier alpha value is -1.84. The van der Waals surface area contributed by atoms with Crippen molar-refractivity contribution in [3.63, 3.8) is 0 Å². The van der Waals surface area contributed by atoms with E-state index >= 15 is 0 Å². The number of hydrogen-bond acceptors (Lipinski definition) is 4. The summed E-state index contributed by atoms with van der Waals surface area (Å²) in [5, 5.41) is 14.2. The van der Waals surface area contributed by atoms with Crippen LogP contribution in [0.2, 0.25) is 25.7 Å². The van der Waals surface area contributed by atoms with Crippen LogP contribution in [0.3, 0.4) is 0 Å². The molecule has 0 aliphatic rings. The molecule has 0 fully saturated rings. The smallest absolute Gasteiger partial charge is 0.276 e. The van der Waals surface area contributed by atoms with E-state index in [4.69, 9.17) is 4.74 Å². The molecule has 0 spiro atoms. The molecule has 0 amide bonds. The number of aryl methyl sites for hydroxylation is 1. The lowest BCUT2D eigenvalue weighted by Crippen LogP contribution is -2.22. The van der Waals surface area contributed by atoms with Gasteiger partial charge in [0, 0.05) is 38.4 Å². The summed E-state index contributed by atoms with van der Waals surface area (Å²) in [6.45, 7) is 10.3. The first kappa shape index (κ1) is 19.9. The van der Waals surface area contributed by atoms with Gasteiger partial charge in [0.1, 0.15) is 16.9 Å². The molecule has 0 aliphatic heterocycles. The van der Waals surface area contributed by atoms with Gasteiger partial charge in [-0.2, -0.15) is 0 Å². The first-order chi connectivity index (χ1) is 12.7. The van der Waals surface area contributed by atoms with Crippen molar-refractivity contribution >= 4 is 34.9 Å². The van der Waals surface area contributed by atoms with Gasteiger partial charge in [-0.1, -0.05) is 19.6 Å². The van der Waals surface area contributed by atoms with Crippen molar-refractivity contribution in [3.8, 4) is 17.0 Å². The fourth-order valence-electron chi connectivity index (χ4n) is 2.96. The number of fused-ring (bicyclic) bond motifs is 1. The van der Waals surface area contributed by atoms with Crippen LogP contribution in [0.5, 0.6) is 5.88 Å². The number of pyridine rings is 1. The van der Waals surface area contributed by atoms with Crippen LogP contribution >= 0.6 is 15.9 Å². The highest BCUT2D eigenvalue weighted by molar-refractivity contribution is 9.10. The molecule has 9 heteroatoms. The molecule has 0 unspecified atom stereocenters. The van der Waals surface area contributed by atoms with Crippen molar-refractivity contribution in [2.75, 3.05) is 6.61 Å². The maximum absolute atomic E-state index is 12.6. The Morgan fingerprint density at radius 1 is 1.37 bits per heavy atom. The number of aromatic hydroxyl groups is 1. The van der Waals surface area contributed by atoms with Gasteiger partial charge < -0.3 is 14.4 Å². The zero-order chi connectivity index (χ0) is 19.8. The lowest BCUT2D eigenvalue weighted by molar-refractivity contribution is 0.0724. The van der Waals surface area contributed by atoms with Crippen LogP contribution in [0.1, 0.15) is 6.92 Å². The zero-order valence-electron chi connectivity index (χ0n) is 16.0. The molecule has 0 atom stereocenters. The van der Waals surface area contributed by atoms with Gasteiger partial charge in [0.15, 0.2) is 0 Å². The Morgan fingerprint density at radius 2 is 2.11 bits per heavy atom. The summed E-state index contributed by atoms with van der Waals surface area (Å²) in [5.41, 5.74) is 1.49. The average Bonchev–Trinajstić information content (AvgIpc) is 3.07. The third kappa shape index (κ3) is 4.20. The summed E-state index contributed by atoms with van der Waals surface area (Å²) in [4.78, 5) is 16.8. The van der Waals surface area contributed by atoms with Crippen LogP contribution in [0.4, 0.5) is 0 Å². The first-order valence-electron chi connectivity index (χ1n) is 8.95. The molecule has 0 aliphatic carbocycles. The van der Waals surface area contributed by atoms with Gasteiger partial charge in [-0.3, -0.25) is 9.89 Å². The second-order valence-electron chi connectivity index (χ2n) is 7.77. The van der Waals surface area contributed by atoms with Crippen molar-refractivity contribution < 1.29 is 9.84 Å². The Bertz CT molecular complexity index is 1020. The Morgan fingerprint density at radius 3 is 2.78 bits per heavy atom. The molecule has 0 aromatic carbocycles. The predicted octanol–water partition coefficient (Wildman–Crippen LogP) is 3.99. The maximum atomic E-state index is 12.6. The second kappa shape index (κ2) is 7.65. The van der Waals surface area contributed by atoms with E-state index in [-0.39, 0.29) is 23.7 Å². The fraction of sp³-hybridized carbons (Fsp3) is 0.444. The topological polar surface area (TPSA) is 85.1 Å². The molecule has 27 heavy (non-hydrogen) atoms. The highest BCUT2D eigenvalue weighted by Gasteiger charge is 2.21. The molecule has 3 aromatic heterocycles. The van der Waals surface area contributed by atoms with Crippen molar-refractivity contribution in [2.45, 2.75) is 45.9 Å². The van der Waals surface area contributed by atoms with E-state index in [0.717, 1.165) is 23.5 Å². The fourth-order valence-corrected chi connectivity index (χ4v) is 4.05. The number of nitrogens with zero attached hydrogens (tertiary/aromatic N) is 3. The van der Waals surface area contributed by atoms with Crippen molar-refractivity contribution in [1.29, 1.82) is 0 Å². The number of ether oxygens (including phenoxy) is 1. The molecule has 0 radical (unpaired) electrons. The van der Waals surface area contributed by atoms with Gasteiger partial charge in [0.25, 0.3) is 5.56 Å². The molecule has 3 aromatic rings. The minimum atomic E-state index is -1.19. The summed E-state index contributed by atoms with van der Waals surface area (Å²) < 4.78 is 9.69. The van der Waals surface area contributed by atoms with Crippen LogP contribution in [0, 0.1) is 0 Å². The monoisotopic (exact) mass is 452 g/mol. The lowest BCUT2D eigenvalue weighted by Gasteiger charge is -2.15. The lowest BCUT2D eigenvalue weighted by atomic mass is 10.1. The quantitative estimate of drug-likeness (QED) is 0.322. The van der Waals surface area contributed by atoms with E-state index in [2.05, 4.69) is 45.7 Å². The molecule has 3 heterocycles. The third-order valence-electron chi connectivity index (χ3n) is 4.50. The molecular formula is C18H25BrN4O3Si. The van der Waals surface area contributed by atoms with Gasteiger partial charge in [-0.15, -0.1) is 0 Å². The highest BCUT2D eigenvalue weighted by atomic mass is 79.9. The Balaban J connectivity index is 1.94. The number of nitrogens with one attached hydrogen (secondary N) is 1. The molecule has 0 saturated carbocycles. The van der Waals surface area contributed by atoms with Crippen LogP contribution < -0.4 is 5.56 Å². The number of aromatic amines is 1. The molecule has 3 rings (SSSR count). The molecule has 0 saturated heterocycles. The van der Waals surface area contributed by atoms with Crippen molar-refractivity contribution in [3.05, 3.63) is 33.4 Å². The summed E-state index contributed by atoms with van der Waals surface area (Å²) in [6, 6.07) is 2.88. The number of aromatic nitrogens is 4. The molecule has 2 N–H and O–H groups in total. The standard InChI is InChI=1S/C18H25BrN4O3Si/c1-5-22-10-13(12-8-15(19)20-9-14(12)22)16-17(24)21-23(18(16)25)11-26-6-7-27(2,3)4/h8-10,25H,5-7,11H2,1-4H3,(H,21,24). The van der Waals surface area contributed by atoms with Gasteiger partial charge in [-0.05, 0) is 35.0 Å². The SMILES string of the molecule is CCn1cc(-c2c(O)n(COCC[Si](C)(C)C)[nH]c2=O)c2cc(Br)ncc21. The molecule has 146 valence electrons. The van der Waals surface area contributed by atoms with Crippen molar-refractivity contribution in [1.82, 2.24) is 19.3 Å². The van der Waals surface area contributed by atoms with E-state index in [9.17, 15) is 9.90 Å². The van der Waals surface area contributed by atoms with Crippen molar-refractivity contribution in [2.24, 2.45) is 0 Å². The van der Waals surface area contributed by atoms with E-state index in [1.807, 2.05) is 23.8 Å². The third-order valence-corrected chi connectivity index (χ3v) is 6.64. The normalized spacial score (nSPS) is 12.2. The number of H-pyrrole nitrogens is 1. The van der Waals surface area contributed by atoms with Gasteiger partial charge in [-0.25, -0.2) is 9.67 Å². The van der Waals surface area contributed by atoms with E-state index in [1.165, 1.54) is 4.68 Å². The summed E-state index contributed by atoms with van der Waals surface area (Å²) >= 11 is 3.38. The average molecular weight is 453 g/mol. The first-order valence-corrected chi connectivity index (χ1v) is 13.5. The largest absolute Gasteiger partial charge is 0.493 e. The number of hydrogen-bond donors (Lipinski definition) is 2. The van der Waals surface area contributed by atoms with Crippen LogP contribution in [-0.2, 0) is 18.0 Å². The molecule has 0 bridgehead atoms. The Kier molecular flexibility index (Phi) is 5.64. The minimum Gasteiger partial charge on any atom is -0.493 e. The molecular weight excluding hydrogens is 428 g/mol. The number of halogens is 1. The van der Waals surface area contributed by atoms with E-state index in [0.29, 0.717) is 16.8 Å². The Labute approximate surface area is 167 Å². The molecule has 7 nitrogen and oxygen atoms in total. The minimum absolute atomic E-state index is 0.114. The second-order valence-corrected chi connectivity index (χ2v) is 14.2. The van der Waals surface area contributed by atoms with Gasteiger partial charge in [0.05, 0.1) is 11.7 Å². The summed E-state index contributed by atoms with van der Waals surface area (Å²) in [5.74, 6) is -0.115. The zero-order valence-corrected chi connectivity index (χ0v) is 18.6.